The quantitative estimate of drug-likeness (QED) is 0.378. The molecule has 13 heavy (non-hydrogen) atoms. The Hall–Kier alpha value is -0.940. The minimum absolute atomic E-state index is 0. The van der Waals surface area contributed by atoms with Crippen LogP contribution in [-0.4, -0.2) is 17.8 Å². The first-order chi connectivity index (χ1) is 5.54. The summed E-state index contributed by atoms with van der Waals surface area (Å²) in [6.45, 7) is 3.94. The maximum atomic E-state index is 10.4. The van der Waals surface area contributed by atoms with E-state index in [0.717, 1.165) is 5.84 Å². The molecule has 0 saturated heterocycles. The monoisotopic (exact) mass is 205 g/mol. The Balaban J connectivity index is 0.00000144. The number of nitro groups is 1. The highest BCUT2D eigenvalue weighted by Crippen LogP contribution is 2.00. The van der Waals surface area contributed by atoms with Crippen LogP contribution in [0.4, 0.5) is 0 Å². The van der Waals surface area contributed by atoms with Crippen molar-refractivity contribution in [2.45, 2.75) is 13.8 Å². The van der Waals surface area contributed by atoms with Crippen molar-refractivity contribution < 1.29 is 22.2 Å². The SMILES string of the molecule is CC(C)C1=NC=C([N+](=O)[O-])[NH+]1C.[Cl-]. The molecular weight excluding hydrogens is 194 g/mol. The zero-order valence-electron chi connectivity index (χ0n) is 7.74. The Morgan fingerprint density at radius 2 is 2.15 bits per heavy atom. The van der Waals surface area contributed by atoms with Crippen molar-refractivity contribution in [3.05, 3.63) is 22.1 Å². The van der Waals surface area contributed by atoms with Gasteiger partial charge in [-0.3, -0.25) is 10.1 Å². The first kappa shape index (κ1) is 12.1. The molecule has 1 rings (SSSR count). The summed E-state index contributed by atoms with van der Waals surface area (Å²) in [6.07, 6.45) is 1.32. The van der Waals surface area contributed by atoms with E-state index >= 15 is 0 Å². The van der Waals surface area contributed by atoms with Gasteiger partial charge in [0.05, 0.1) is 7.05 Å². The first-order valence-corrected chi connectivity index (χ1v) is 3.80. The highest BCUT2D eigenvalue weighted by atomic mass is 35.5. The lowest BCUT2D eigenvalue weighted by atomic mass is 10.2. The number of amidine groups is 1. The second-order valence-electron chi connectivity index (χ2n) is 3.07. The number of quaternary nitrogens is 1. The molecule has 5 nitrogen and oxygen atoms in total. The maximum absolute atomic E-state index is 10.4. The molecule has 1 N–H and O–H groups in total. The van der Waals surface area contributed by atoms with Crippen molar-refractivity contribution in [2.24, 2.45) is 10.9 Å². The molecule has 0 radical (unpaired) electrons. The van der Waals surface area contributed by atoms with Crippen molar-refractivity contribution in [3.8, 4) is 0 Å². The lowest BCUT2D eigenvalue weighted by molar-refractivity contribution is -0.818. The molecule has 0 amide bonds. The lowest BCUT2D eigenvalue weighted by Gasteiger charge is -2.08. The first-order valence-electron chi connectivity index (χ1n) is 3.80. The van der Waals surface area contributed by atoms with Gasteiger partial charge in [-0.15, -0.1) is 0 Å². The van der Waals surface area contributed by atoms with Gasteiger partial charge in [0.25, 0.3) is 0 Å². The lowest BCUT2D eigenvalue weighted by Crippen LogP contribution is -3.10. The second kappa shape index (κ2) is 4.34. The molecule has 0 aliphatic carbocycles. The fourth-order valence-electron chi connectivity index (χ4n) is 1.22. The molecule has 0 bridgehead atoms. The van der Waals surface area contributed by atoms with E-state index in [1.807, 2.05) is 13.8 Å². The predicted octanol–water partition coefficient (Wildman–Crippen LogP) is -3.35. The Bertz CT molecular complexity index is 273. The van der Waals surface area contributed by atoms with Gasteiger partial charge in [0, 0.05) is 5.92 Å². The van der Waals surface area contributed by atoms with Gasteiger partial charge >= 0.3 is 5.82 Å². The van der Waals surface area contributed by atoms with Crippen LogP contribution in [0, 0.1) is 16.0 Å². The van der Waals surface area contributed by atoms with Crippen LogP contribution < -0.4 is 17.3 Å². The van der Waals surface area contributed by atoms with Crippen LogP contribution in [0.2, 0.25) is 0 Å². The van der Waals surface area contributed by atoms with E-state index in [1.165, 1.54) is 6.20 Å². The molecule has 1 unspecified atom stereocenters. The molecule has 0 aromatic carbocycles. The minimum Gasteiger partial charge on any atom is -1.00 e. The molecule has 74 valence electrons. The van der Waals surface area contributed by atoms with Gasteiger partial charge in [-0.1, -0.05) is 13.8 Å². The average Bonchev–Trinajstić information content (AvgIpc) is 2.30. The maximum Gasteiger partial charge on any atom is 0.450 e. The Labute approximate surface area is 82.7 Å². The van der Waals surface area contributed by atoms with E-state index in [-0.39, 0.29) is 24.1 Å². The fraction of sp³-hybridized carbons (Fsp3) is 0.571. The smallest absolute Gasteiger partial charge is 0.450 e. The van der Waals surface area contributed by atoms with E-state index < -0.39 is 4.92 Å². The summed E-state index contributed by atoms with van der Waals surface area (Å²) in [5.41, 5.74) is 0. The highest BCUT2D eigenvalue weighted by Gasteiger charge is 2.34. The van der Waals surface area contributed by atoms with E-state index in [2.05, 4.69) is 4.99 Å². The fourth-order valence-corrected chi connectivity index (χ4v) is 1.22. The van der Waals surface area contributed by atoms with Crippen molar-refractivity contribution in [3.63, 3.8) is 0 Å². The van der Waals surface area contributed by atoms with E-state index in [9.17, 15) is 10.1 Å². The van der Waals surface area contributed by atoms with Crippen molar-refractivity contribution in [1.82, 2.24) is 0 Å². The molecule has 0 spiro atoms. The molecule has 1 aliphatic heterocycles. The summed E-state index contributed by atoms with van der Waals surface area (Å²) in [4.78, 5) is 14.7. The molecule has 6 heteroatoms. The van der Waals surface area contributed by atoms with Crippen LogP contribution in [0.3, 0.4) is 0 Å². The van der Waals surface area contributed by atoms with Crippen LogP contribution in [0.5, 0.6) is 0 Å². The molecular formula is C7H12ClN3O2. The number of halogens is 1. The van der Waals surface area contributed by atoms with E-state index in [0.29, 0.717) is 4.90 Å². The highest BCUT2D eigenvalue weighted by molar-refractivity contribution is 5.77. The number of nitrogens with zero attached hydrogens (tertiary/aromatic N) is 2. The molecule has 0 saturated carbocycles. The molecule has 1 heterocycles. The third kappa shape index (κ3) is 2.26. The van der Waals surface area contributed by atoms with Gasteiger partial charge in [0.15, 0.2) is 6.20 Å². The van der Waals surface area contributed by atoms with Crippen molar-refractivity contribution >= 4 is 5.84 Å². The second-order valence-corrected chi connectivity index (χ2v) is 3.07. The zero-order valence-corrected chi connectivity index (χ0v) is 8.50. The Morgan fingerprint density at radius 3 is 2.38 bits per heavy atom. The van der Waals surface area contributed by atoms with Crippen LogP contribution in [0.25, 0.3) is 0 Å². The van der Waals surface area contributed by atoms with Gasteiger partial charge in [0.1, 0.15) is 4.92 Å². The van der Waals surface area contributed by atoms with Gasteiger partial charge in [0.2, 0.25) is 5.84 Å². The molecule has 0 fully saturated rings. The van der Waals surface area contributed by atoms with Crippen LogP contribution >= 0.6 is 0 Å². The Kier molecular flexibility index (Phi) is 4.03. The number of hydrogen-bond donors (Lipinski definition) is 1. The summed E-state index contributed by atoms with van der Waals surface area (Å²) in [5.74, 6) is 1.19. The predicted molar refractivity (Wildman–Crippen MR) is 44.2 cm³/mol. The van der Waals surface area contributed by atoms with Crippen LogP contribution in [0.15, 0.2) is 17.0 Å². The van der Waals surface area contributed by atoms with Crippen molar-refractivity contribution in [2.75, 3.05) is 7.05 Å². The average molecular weight is 206 g/mol. The molecule has 0 aromatic heterocycles. The topological polar surface area (TPSA) is 59.9 Å². The zero-order chi connectivity index (χ0) is 9.30. The largest absolute Gasteiger partial charge is 1.00 e. The van der Waals surface area contributed by atoms with Gasteiger partial charge in [-0.2, -0.15) is 9.89 Å². The minimum atomic E-state index is -0.395. The summed E-state index contributed by atoms with van der Waals surface area (Å²) < 4.78 is 0. The number of nitrogens with one attached hydrogen (secondary N) is 1. The summed E-state index contributed by atoms with van der Waals surface area (Å²) in [7, 11) is 1.74. The van der Waals surface area contributed by atoms with E-state index in [4.69, 9.17) is 0 Å². The Morgan fingerprint density at radius 1 is 1.62 bits per heavy atom. The molecule has 1 atom stereocenters. The standard InChI is InChI=1S/C7H11N3O2.ClH/c1-5(2)7-8-4-6(9(7)3)10(11)12;/h4-5H,1-3H3;1H. The van der Waals surface area contributed by atoms with Gasteiger partial charge in [-0.25, -0.2) is 0 Å². The summed E-state index contributed by atoms with van der Waals surface area (Å²) in [5, 5.41) is 10.4. The van der Waals surface area contributed by atoms with Crippen molar-refractivity contribution in [1.29, 1.82) is 0 Å². The van der Waals surface area contributed by atoms with Crippen LogP contribution in [0.1, 0.15) is 13.8 Å². The molecule has 1 aliphatic rings. The van der Waals surface area contributed by atoms with E-state index in [1.54, 1.807) is 7.05 Å². The van der Waals surface area contributed by atoms with Gasteiger partial charge in [-0.05, 0) is 0 Å². The summed E-state index contributed by atoms with van der Waals surface area (Å²) >= 11 is 0. The normalized spacial score (nSPS) is 20.8. The number of rotatable bonds is 2. The van der Waals surface area contributed by atoms with Crippen LogP contribution in [-0.2, 0) is 0 Å². The number of aliphatic imine (C=N–C) groups is 1. The summed E-state index contributed by atoms with van der Waals surface area (Å²) in [6, 6.07) is 0. The molecule has 0 aromatic rings. The third-order valence-corrected chi connectivity index (χ3v) is 1.84. The third-order valence-electron chi connectivity index (χ3n) is 1.84. The van der Waals surface area contributed by atoms with Gasteiger partial charge < -0.3 is 12.4 Å². The number of hydrogen-bond acceptors (Lipinski definition) is 3.